The first kappa shape index (κ1) is 35.6. The molecule has 0 fully saturated rings. The van der Waals surface area contributed by atoms with Crippen molar-refractivity contribution in [1.82, 2.24) is 0 Å². The van der Waals surface area contributed by atoms with Crippen molar-refractivity contribution in [1.29, 1.82) is 0 Å². The van der Waals surface area contributed by atoms with Gasteiger partial charge in [-0.25, -0.2) is 0 Å². The van der Waals surface area contributed by atoms with Crippen molar-refractivity contribution in [2.24, 2.45) is 0 Å². The van der Waals surface area contributed by atoms with Gasteiger partial charge in [-0.1, -0.05) is 0 Å². The molecule has 40 heavy (non-hydrogen) atoms. The van der Waals surface area contributed by atoms with Crippen LogP contribution in [0.1, 0.15) is 0 Å². The zero-order valence-electron chi connectivity index (χ0n) is 21.2. The number of rotatable bonds is 8. The maximum absolute atomic E-state index is 10.9. The van der Waals surface area contributed by atoms with E-state index in [2.05, 4.69) is 26.7 Å². The number of hydrogen-bond acceptors (Lipinski definition) is 6. The SMILES string of the molecule is [Au].[Au].[CH2-]P([CH2-])(O[N+](=O)[O-])(c1ccccc1)c1ccccc1.[CH2-]P([CH2-])(O[N+](=O)[O-])(c1ccccc1)c1ccccc1. The molecule has 0 saturated carbocycles. The van der Waals surface area contributed by atoms with Gasteiger partial charge in [0, 0.05) is 44.8 Å². The van der Waals surface area contributed by atoms with E-state index < -0.39 is 23.8 Å². The monoisotopic (exact) mass is 944 g/mol. The van der Waals surface area contributed by atoms with Gasteiger partial charge in [-0.05, 0) is 0 Å². The molecule has 222 valence electrons. The van der Waals surface area contributed by atoms with Crippen molar-refractivity contribution in [3.05, 3.63) is 168 Å². The summed E-state index contributed by atoms with van der Waals surface area (Å²) in [6, 6.07) is 35.7. The van der Waals surface area contributed by atoms with E-state index in [1.165, 1.54) is 0 Å². The van der Waals surface area contributed by atoms with Gasteiger partial charge in [0.2, 0.25) is 0 Å². The van der Waals surface area contributed by atoms with Gasteiger partial charge >= 0.3 is 223 Å². The quantitative estimate of drug-likeness (QED) is 0.0730. The van der Waals surface area contributed by atoms with Crippen LogP contribution in [0.5, 0.6) is 0 Å². The Morgan fingerprint density at radius 2 is 0.625 bits per heavy atom. The van der Waals surface area contributed by atoms with Crippen molar-refractivity contribution in [2.45, 2.75) is 0 Å². The molecule has 0 aromatic heterocycles. The second-order valence-corrected chi connectivity index (χ2v) is 16.8. The van der Waals surface area contributed by atoms with Gasteiger partial charge in [-0.2, -0.15) is 0 Å². The summed E-state index contributed by atoms with van der Waals surface area (Å²) >= 11 is 0. The number of hydrogen-bond donors (Lipinski definition) is 0. The predicted octanol–water partition coefficient (Wildman–Crippen LogP) is 5.79. The molecule has 0 unspecified atom stereocenters. The summed E-state index contributed by atoms with van der Waals surface area (Å²) in [5.41, 5.74) is 0. The van der Waals surface area contributed by atoms with Crippen LogP contribution >= 0.6 is 13.7 Å². The Labute approximate surface area is 265 Å². The Balaban J connectivity index is 0.000000381. The Morgan fingerprint density at radius 3 is 0.775 bits per heavy atom. The molecule has 0 N–H and O–H groups in total. The van der Waals surface area contributed by atoms with Crippen LogP contribution in [0.3, 0.4) is 0 Å². The molecule has 0 saturated heterocycles. The Bertz CT molecular complexity index is 1200. The number of benzene rings is 4. The molecule has 0 amide bonds. The van der Waals surface area contributed by atoms with Crippen LogP contribution in [0.15, 0.2) is 121 Å². The number of nitrogens with zero attached hydrogens (tertiary/aromatic N) is 2. The molecule has 0 aliphatic heterocycles. The molecule has 4 rings (SSSR count). The normalized spacial score (nSPS) is 12.6. The van der Waals surface area contributed by atoms with Crippen LogP contribution in [0.2, 0.25) is 0 Å². The fourth-order valence-corrected chi connectivity index (χ4v) is 8.98. The third kappa shape index (κ3) is 7.88. The molecule has 0 heterocycles. The summed E-state index contributed by atoms with van der Waals surface area (Å²) in [5, 5.41) is 22.7. The first-order chi connectivity index (χ1) is 17.8. The summed E-state index contributed by atoms with van der Waals surface area (Å²) in [6.45, 7) is 8.64. The van der Waals surface area contributed by atoms with Crippen molar-refractivity contribution < 1.29 is 64.2 Å². The predicted molar refractivity (Wildman–Crippen MR) is 156 cm³/mol. The second-order valence-electron chi connectivity index (χ2n) is 8.77. The third-order valence-corrected chi connectivity index (χ3v) is 13.0. The van der Waals surface area contributed by atoms with Crippen molar-refractivity contribution in [2.75, 3.05) is 0 Å². The van der Waals surface area contributed by atoms with E-state index in [4.69, 9.17) is 9.25 Å². The van der Waals surface area contributed by atoms with E-state index in [0.717, 1.165) is 0 Å². The Hall–Kier alpha value is -2.38. The Morgan fingerprint density at radius 1 is 0.450 bits per heavy atom. The van der Waals surface area contributed by atoms with Crippen molar-refractivity contribution >= 4 is 34.9 Å². The van der Waals surface area contributed by atoms with Crippen molar-refractivity contribution in [3.8, 4) is 0 Å². The summed E-state index contributed by atoms with van der Waals surface area (Å²) in [5.74, 6) is 0. The van der Waals surface area contributed by atoms with Crippen LogP contribution in [-0.2, 0) is 54.0 Å². The van der Waals surface area contributed by atoms with Crippen LogP contribution in [0.25, 0.3) is 0 Å². The van der Waals surface area contributed by atoms with Crippen molar-refractivity contribution in [3.63, 3.8) is 0 Å². The van der Waals surface area contributed by atoms with Crippen LogP contribution < -0.4 is 21.2 Å². The van der Waals surface area contributed by atoms with Gasteiger partial charge in [0.25, 0.3) is 0 Å². The zero-order valence-corrected chi connectivity index (χ0v) is 27.3. The van der Waals surface area contributed by atoms with Crippen LogP contribution in [0.4, 0.5) is 0 Å². The molecule has 0 aliphatic carbocycles. The molecular weight excluding hydrogens is 916 g/mol. The van der Waals surface area contributed by atoms with E-state index in [9.17, 15) is 20.2 Å². The zero-order chi connectivity index (χ0) is 27.9. The Kier molecular flexibility index (Phi) is 12.5. The minimum atomic E-state index is -3.75. The second kappa shape index (κ2) is 14.0. The summed E-state index contributed by atoms with van der Waals surface area (Å²) in [7, 11) is 0. The van der Waals surface area contributed by atoms with E-state index >= 15 is 0 Å². The van der Waals surface area contributed by atoms with Gasteiger partial charge in [0.1, 0.15) is 0 Å². The fourth-order valence-electron chi connectivity index (χ4n) is 3.91. The van der Waals surface area contributed by atoms with Gasteiger partial charge < -0.3 is 0 Å². The molecule has 2 radical (unpaired) electrons. The molecule has 4 aromatic carbocycles. The topological polar surface area (TPSA) is 105 Å². The molecule has 4 aromatic rings. The molecule has 0 atom stereocenters. The molecule has 8 nitrogen and oxygen atoms in total. The molecular formula is C28H28Au2N2O6P2-4. The molecule has 0 bridgehead atoms. The molecule has 0 spiro atoms. The molecule has 0 aliphatic rings. The fraction of sp³-hybridized carbons (Fsp3) is 0. The van der Waals surface area contributed by atoms with Gasteiger partial charge in [0.15, 0.2) is 0 Å². The first-order valence-electron chi connectivity index (χ1n) is 11.3. The van der Waals surface area contributed by atoms with Gasteiger partial charge in [0.05, 0.1) is 0 Å². The summed E-state index contributed by atoms with van der Waals surface area (Å²) in [4.78, 5) is 21.8. The third-order valence-electron chi connectivity index (χ3n) is 5.95. The molecule has 12 heteroatoms. The van der Waals surface area contributed by atoms with Gasteiger partial charge in [-0.3, -0.25) is 0 Å². The van der Waals surface area contributed by atoms with Gasteiger partial charge in [-0.15, -0.1) is 0 Å². The average Bonchev–Trinajstić information content (AvgIpc) is 2.90. The average molecular weight is 944 g/mol. The van der Waals surface area contributed by atoms with E-state index in [0.29, 0.717) is 21.2 Å². The minimum absolute atomic E-state index is 0. The van der Waals surface area contributed by atoms with Crippen LogP contribution in [0, 0.1) is 46.9 Å². The first-order valence-corrected chi connectivity index (χ1v) is 16.3. The van der Waals surface area contributed by atoms with E-state index in [1.54, 1.807) is 97.1 Å². The summed E-state index contributed by atoms with van der Waals surface area (Å²) in [6.07, 6.45) is 0. The van der Waals surface area contributed by atoms with E-state index in [1.807, 2.05) is 24.3 Å². The summed E-state index contributed by atoms with van der Waals surface area (Å²) < 4.78 is 10.1. The van der Waals surface area contributed by atoms with E-state index in [-0.39, 0.29) is 44.8 Å². The maximum atomic E-state index is 10.9. The van der Waals surface area contributed by atoms with Crippen LogP contribution in [-0.4, -0.2) is 10.2 Å². The standard InChI is InChI=1S/2C14H14NO3P.2Au/c2*1-19(2,18-15(16)17,13-9-5-3-6-10-13)14-11-7-4-8-12-14;;/h2*3-12H,1-2H2;;/q2*-2;;.